The lowest BCUT2D eigenvalue weighted by Crippen LogP contribution is -2.21. The second-order valence-electron chi connectivity index (χ2n) is 9.98. The third-order valence-corrected chi connectivity index (χ3v) is 7.73. The molecule has 2 rings (SSSR count). The highest BCUT2D eigenvalue weighted by Crippen LogP contribution is 2.29. The van der Waals surface area contributed by atoms with Gasteiger partial charge in [0.25, 0.3) is 0 Å². The zero-order valence-electron chi connectivity index (χ0n) is 20.0. The van der Waals surface area contributed by atoms with Crippen LogP contribution < -0.4 is 10.9 Å². The first-order valence-corrected chi connectivity index (χ1v) is 13.5. The molecule has 0 saturated carbocycles. The Hall–Kier alpha value is -1.80. The lowest BCUT2D eigenvalue weighted by atomic mass is 9.84. The average molecular weight is 497 g/mol. The van der Waals surface area contributed by atoms with Gasteiger partial charge in [-0.15, -0.1) is 0 Å². The van der Waals surface area contributed by atoms with Gasteiger partial charge in [0.1, 0.15) is 12.5 Å². The van der Waals surface area contributed by atoms with Crippen LogP contribution in [0.25, 0.3) is 0 Å². The van der Waals surface area contributed by atoms with Crippen molar-refractivity contribution >= 4 is 23.5 Å². The minimum Gasteiger partial charge on any atom is -0.502 e. The Labute approximate surface area is 204 Å². The SMILES string of the molecule is CC(C)(CCSCCCSCCC(C)(C)Cc1cocc(O)c1=O)Cc1cocc(O)c1=O. The fraction of sp³-hybridized carbons (Fsp3) is 0.600. The van der Waals surface area contributed by atoms with E-state index < -0.39 is 0 Å². The molecule has 0 spiro atoms. The van der Waals surface area contributed by atoms with Crippen molar-refractivity contribution in [1.82, 2.24) is 0 Å². The van der Waals surface area contributed by atoms with Gasteiger partial charge < -0.3 is 19.0 Å². The zero-order chi connectivity index (χ0) is 24.5. The summed E-state index contributed by atoms with van der Waals surface area (Å²) in [5, 5.41) is 19.1. The molecule has 0 aliphatic heterocycles. The molecule has 0 aliphatic rings. The maximum atomic E-state index is 12.0. The summed E-state index contributed by atoms with van der Waals surface area (Å²) in [4.78, 5) is 24.0. The molecule has 2 N–H and O–H groups in total. The van der Waals surface area contributed by atoms with Crippen molar-refractivity contribution in [1.29, 1.82) is 0 Å². The highest BCUT2D eigenvalue weighted by atomic mass is 32.2. The fourth-order valence-electron chi connectivity index (χ4n) is 3.52. The molecule has 184 valence electrons. The van der Waals surface area contributed by atoms with Gasteiger partial charge in [0, 0.05) is 11.1 Å². The molecule has 0 fully saturated rings. The summed E-state index contributed by atoms with van der Waals surface area (Å²) < 4.78 is 10.1. The van der Waals surface area contributed by atoms with E-state index in [0.29, 0.717) is 24.0 Å². The van der Waals surface area contributed by atoms with Gasteiger partial charge in [-0.05, 0) is 65.9 Å². The van der Waals surface area contributed by atoms with Crippen molar-refractivity contribution in [2.45, 2.75) is 59.8 Å². The summed E-state index contributed by atoms with van der Waals surface area (Å²) >= 11 is 3.87. The molecule has 0 aliphatic carbocycles. The normalized spacial score (nSPS) is 12.2. The standard InChI is InChI=1S/C25H36O6S2/c1-24(2,12-18-14-30-16-20(26)22(18)28)6-10-32-8-5-9-33-11-7-25(3,4)13-19-15-31-17-21(27)23(19)29/h14-17,26-27H,5-13H2,1-4H3. The molecule has 2 heterocycles. The zero-order valence-corrected chi connectivity index (χ0v) is 21.7. The first-order valence-electron chi connectivity index (χ1n) is 11.2. The van der Waals surface area contributed by atoms with Crippen LogP contribution in [0.1, 0.15) is 58.1 Å². The molecular formula is C25H36O6S2. The Morgan fingerprint density at radius 2 is 1.09 bits per heavy atom. The third kappa shape index (κ3) is 9.53. The lowest BCUT2D eigenvalue weighted by Gasteiger charge is -2.24. The van der Waals surface area contributed by atoms with E-state index in [1.807, 2.05) is 23.5 Å². The van der Waals surface area contributed by atoms with Crippen LogP contribution >= 0.6 is 23.5 Å². The minimum atomic E-state index is -0.340. The predicted octanol–water partition coefficient (Wildman–Crippen LogP) is 5.48. The Kier molecular flexibility index (Phi) is 10.5. The van der Waals surface area contributed by atoms with Crippen LogP contribution in [0.2, 0.25) is 0 Å². The highest BCUT2D eigenvalue weighted by molar-refractivity contribution is 8.00. The summed E-state index contributed by atoms with van der Waals surface area (Å²) in [6.07, 6.45) is 9.29. The molecule has 2 aromatic heterocycles. The Morgan fingerprint density at radius 1 is 0.697 bits per heavy atom. The van der Waals surface area contributed by atoms with Crippen LogP contribution in [-0.2, 0) is 12.8 Å². The van der Waals surface area contributed by atoms with Crippen LogP contribution in [0.4, 0.5) is 0 Å². The van der Waals surface area contributed by atoms with E-state index in [0.717, 1.165) is 54.8 Å². The molecule has 0 unspecified atom stereocenters. The van der Waals surface area contributed by atoms with E-state index in [2.05, 4.69) is 27.7 Å². The maximum absolute atomic E-state index is 12.0. The second-order valence-corrected chi connectivity index (χ2v) is 12.4. The van der Waals surface area contributed by atoms with Gasteiger partial charge in [-0.1, -0.05) is 27.7 Å². The van der Waals surface area contributed by atoms with E-state index in [9.17, 15) is 19.8 Å². The van der Waals surface area contributed by atoms with Gasteiger partial charge in [-0.25, -0.2) is 0 Å². The third-order valence-electron chi connectivity index (χ3n) is 5.59. The fourth-order valence-corrected chi connectivity index (χ4v) is 6.20. The van der Waals surface area contributed by atoms with Gasteiger partial charge in [0.2, 0.25) is 10.9 Å². The van der Waals surface area contributed by atoms with Gasteiger partial charge >= 0.3 is 0 Å². The molecule has 0 radical (unpaired) electrons. The Morgan fingerprint density at radius 3 is 1.48 bits per heavy atom. The molecule has 0 saturated heterocycles. The smallest absolute Gasteiger partial charge is 0.229 e. The monoisotopic (exact) mass is 496 g/mol. The summed E-state index contributed by atoms with van der Waals surface area (Å²) in [7, 11) is 0. The molecule has 6 nitrogen and oxygen atoms in total. The van der Waals surface area contributed by atoms with Crippen molar-refractivity contribution in [3.8, 4) is 11.5 Å². The van der Waals surface area contributed by atoms with E-state index in [1.54, 1.807) is 0 Å². The van der Waals surface area contributed by atoms with Gasteiger partial charge in [0.05, 0.1) is 12.5 Å². The molecule has 0 bridgehead atoms. The maximum Gasteiger partial charge on any atom is 0.229 e. The van der Waals surface area contributed by atoms with E-state index >= 15 is 0 Å². The molecule has 8 heteroatoms. The summed E-state index contributed by atoms with van der Waals surface area (Å²) in [6, 6.07) is 0. The number of thioether (sulfide) groups is 2. The van der Waals surface area contributed by atoms with Crippen LogP contribution in [0, 0.1) is 10.8 Å². The summed E-state index contributed by atoms with van der Waals surface area (Å²) in [5.41, 5.74) is 0.286. The van der Waals surface area contributed by atoms with Gasteiger partial charge in [-0.3, -0.25) is 9.59 Å². The minimum absolute atomic E-state index is 0.0391. The molecule has 33 heavy (non-hydrogen) atoms. The number of aromatic hydroxyl groups is 2. The number of rotatable bonds is 14. The molecule has 0 atom stereocenters. The second kappa shape index (κ2) is 12.6. The van der Waals surface area contributed by atoms with E-state index in [-0.39, 0.29) is 33.2 Å². The van der Waals surface area contributed by atoms with E-state index in [1.165, 1.54) is 12.5 Å². The van der Waals surface area contributed by atoms with Crippen molar-refractivity contribution < 1.29 is 19.0 Å². The first-order chi connectivity index (χ1) is 15.5. The first kappa shape index (κ1) is 27.4. The Balaban J connectivity index is 1.58. The largest absolute Gasteiger partial charge is 0.502 e. The lowest BCUT2D eigenvalue weighted by molar-refractivity contribution is 0.343. The van der Waals surface area contributed by atoms with Crippen molar-refractivity contribution in [3.63, 3.8) is 0 Å². The van der Waals surface area contributed by atoms with Crippen molar-refractivity contribution in [3.05, 3.63) is 56.6 Å². The van der Waals surface area contributed by atoms with Crippen molar-refractivity contribution in [2.24, 2.45) is 10.8 Å². The molecular weight excluding hydrogens is 460 g/mol. The average Bonchev–Trinajstić information content (AvgIpc) is 2.73. The summed E-state index contributed by atoms with van der Waals surface area (Å²) in [6.45, 7) is 8.54. The van der Waals surface area contributed by atoms with Crippen LogP contribution in [0.5, 0.6) is 11.5 Å². The van der Waals surface area contributed by atoms with Gasteiger partial charge in [0.15, 0.2) is 11.5 Å². The van der Waals surface area contributed by atoms with Crippen LogP contribution in [-0.4, -0.2) is 33.2 Å². The van der Waals surface area contributed by atoms with Crippen LogP contribution in [0.15, 0.2) is 43.5 Å². The molecule has 0 amide bonds. The number of hydrogen-bond acceptors (Lipinski definition) is 8. The van der Waals surface area contributed by atoms with Gasteiger partial charge in [-0.2, -0.15) is 23.5 Å². The quantitative estimate of drug-likeness (QED) is 0.332. The van der Waals surface area contributed by atoms with E-state index in [4.69, 9.17) is 8.83 Å². The number of hydrogen-bond donors (Lipinski definition) is 2. The topological polar surface area (TPSA) is 101 Å². The molecule has 0 aromatic carbocycles. The van der Waals surface area contributed by atoms with Crippen LogP contribution in [0.3, 0.4) is 0 Å². The summed E-state index contributed by atoms with van der Waals surface area (Å²) in [5.74, 6) is 3.60. The molecule has 2 aromatic rings. The highest BCUT2D eigenvalue weighted by Gasteiger charge is 2.22. The Bertz CT molecular complexity index is 913. The predicted molar refractivity (Wildman–Crippen MR) is 137 cm³/mol. The van der Waals surface area contributed by atoms with Crippen molar-refractivity contribution in [2.75, 3.05) is 23.0 Å².